The zero-order chi connectivity index (χ0) is 22.6. The first-order valence-corrected chi connectivity index (χ1v) is 11.5. The van der Waals surface area contributed by atoms with Crippen molar-refractivity contribution in [3.05, 3.63) is 82.9 Å². The molecule has 0 spiro atoms. The van der Waals surface area contributed by atoms with Crippen molar-refractivity contribution in [2.24, 2.45) is 5.41 Å². The van der Waals surface area contributed by atoms with E-state index in [0.717, 1.165) is 25.7 Å². The summed E-state index contributed by atoms with van der Waals surface area (Å²) in [7, 11) is 0. The topological polar surface area (TPSA) is 17.1 Å². The Labute approximate surface area is 185 Å². The zero-order valence-electron chi connectivity index (χ0n) is 20.2. The largest absolute Gasteiger partial charge is 0.300 e. The van der Waals surface area contributed by atoms with Gasteiger partial charge in [-0.1, -0.05) is 86.5 Å². The number of carbonyl (C=O) groups excluding carboxylic acids is 1. The lowest BCUT2D eigenvalue weighted by atomic mass is 9.62. The summed E-state index contributed by atoms with van der Waals surface area (Å²) in [6.07, 6.45) is 7.84. The molecule has 0 bridgehead atoms. The second kappa shape index (κ2) is 13.2. The molecule has 1 aliphatic carbocycles. The number of carbonyl (C=O) groups is 1. The summed E-state index contributed by atoms with van der Waals surface area (Å²) in [5.74, 6) is 0.308. The Bertz CT molecular complexity index is 778. The molecular weight excluding hydrogens is 364 g/mol. The fourth-order valence-corrected chi connectivity index (χ4v) is 3.74. The van der Waals surface area contributed by atoms with Crippen LogP contribution in [0.15, 0.2) is 60.7 Å². The van der Waals surface area contributed by atoms with E-state index in [0.29, 0.717) is 11.2 Å². The van der Waals surface area contributed by atoms with Gasteiger partial charge in [0.1, 0.15) is 5.78 Å². The Balaban J connectivity index is 0.000000229. The first-order valence-electron chi connectivity index (χ1n) is 11.5. The lowest BCUT2D eigenvalue weighted by Crippen LogP contribution is -2.30. The Morgan fingerprint density at radius 3 is 1.90 bits per heavy atom. The normalized spacial score (nSPS) is 13.7. The molecule has 1 fully saturated rings. The van der Waals surface area contributed by atoms with E-state index >= 15 is 0 Å². The van der Waals surface area contributed by atoms with Crippen molar-refractivity contribution in [3.63, 3.8) is 0 Å². The van der Waals surface area contributed by atoms with E-state index in [-0.39, 0.29) is 0 Å². The van der Waals surface area contributed by atoms with Crippen LogP contribution in [0.25, 0.3) is 0 Å². The molecule has 0 atom stereocenters. The molecule has 30 heavy (non-hydrogen) atoms. The predicted octanol–water partition coefficient (Wildman–Crippen LogP) is 8.22. The minimum absolute atomic E-state index is 0.308. The standard InChI is InChI=1S/C11H18O.2C9H12/c1-9(2)11(6-4-7-11)8-5-10(3)12;1-3-9-6-4-8(2)5-7-9;1-3-9-7-5-4-6-8(9)2/h1,4-8H2,2-3H3;2*4-7H,3H2,1-2H3. The van der Waals surface area contributed by atoms with Gasteiger partial charge in [-0.25, -0.2) is 0 Å². The highest BCUT2D eigenvalue weighted by Gasteiger charge is 2.37. The van der Waals surface area contributed by atoms with Gasteiger partial charge >= 0.3 is 0 Å². The Hall–Kier alpha value is -2.15. The number of allylic oxidation sites excluding steroid dienone is 1. The number of hydrogen-bond donors (Lipinski definition) is 0. The van der Waals surface area contributed by atoms with E-state index in [1.54, 1.807) is 6.92 Å². The molecule has 0 heterocycles. The van der Waals surface area contributed by atoms with Gasteiger partial charge in [0.2, 0.25) is 0 Å². The van der Waals surface area contributed by atoms with Crippen molar-refractivity contribution in [1.82, 2.24) is 0 Å². The molecular formula is C29H42O. The molecule has 0 saturated heterocycles. The first kappa shape index (κ1) is 25.9. The highest BCUT2D eigenvalue weighted by molar-refractivity contribution is 5.75. The van der Waals surface area contributed by atoms with Crippen LogP contribution in [0.1, 0.15) is 82.1 Å². The van der Waals surface area contributed by atoms with E-state index in [1.165, 1.54) is 47.1 Å². The zero-order valence-corrected chi connectivity index (χ0v) is 20.2. The van der Waals surface area contributed by atoms with Crippen LogP contribution in [-0.4, -0.2) is 5.78 Å². The summed E-state index contributed by atoms with van der Waals surface area (Å²) < 4.78 is 0. The van der Waals surface area contributed by atoms with Gasteiger partial charge in [0.05, 0.1) is 0 Å². The molecule has 0 aliphatic heterocycles. The maximum absolute atomic E-state index is 10.8. The summed E-state index contributed by atoms with van der Waals surface area (Å²) in [6, 6.07) is 17.1. The second-order valence-electron chi connectivity index (χ2n) is 8.74. The number of hydrogen-bond acceptors (Lipinski definition) is 1. The van der Waals surface area contributed by atoms with Crippen LogP contribution in [0.3, 0.4) is 0 Å². The third kappa shape index (κ3) is 8.69. The van der Waals surface area contributed by atoms with Crippen LogP contribution in [0.5, 0.6) is 0 Å². The molecule has 3 rings (SSSR count). The quantitative estimate of drug-likeness (QED) is 0.442. The number of Topliss-reactive ketones (excluding diaryl/α,β-unsaturated/α-hetero) is 1. The van der Waals surface area contributed by atoms with Gasteiger partial charge in [-0.15, -0.1) is 0 Å². The number of aryl methyl sites for hydroxylation is 4. The molecule has 1 saturated carbocycles. The smallest absolute Gasteiger partial charge is 0.129 e. The molecule has 1 nitrogen and oxygen atoms in total. The molecule has 1 heteroatoms. The number of ketones is 1. The average Bonchev–Trinajstić information content (AvgIpc) is 2.69. The number of benzene rings is 2. The summed E-state index contributed by atoms with van der Waals surface area (Å²) in [5.41, 5.74) is 7.23. The van der Waals surface area contributed by atoms with Gasteiger partial charge in [-0.3, -0.25) is 0 Å². The van der Waals surface area contributed by atoms with Crippen molar-refractivity contribution in [2.75, 3.05) is 0 Å². The molecule has 0 amide bonds. The van der Waals surface area contributed by atoms with E-state index in [2.05, 4.69) is 89.7 Å². The minimum atomic E-state index is 0.308. The van der Waals surface area contributed by atoms with Gasteiger partial charge in [0.25, 0.3) is 0 Å². The first-order chi connectivity index (χ1) is 14.2. The average molecular weight is 407 g/mol. The lowest BCUT2D eigenvalue weighted by molar-refractivity contribution is -0.117. The Kier molecular flexibility index (Phi) is 11.4. The van der Waals surface area contributed by atoms with E-state index in [4.69, 9.17) is 0 Å². The van der Waals surface area contributed by atoms with Crippen LogP contribution < -0.4 is 0 Å². The second-order valence-corrected chi connectivity index (χ2v) is 8.74. The third-order valence-corrected chi connectivity index (χ3v) is 6.34. The summed E-state index contributed by atoms with van der Waals surface area (Å²) >= 11 is 0. The van der Waals surface area contributed by atoms with E-state index in [1.807, 2.05) is 0 Å². The van der Waals surface area contributed by atoms with Gasteiger partial charge in [0, 0.05) is 6.42 Å². The highest BCUT2D eigenvalue weighted by atomic mass is 16.1. The van der Waals surface area contributed by atoms with Crippen LogP contribution >= 0.6 is 0 Å². The highest BCUT2D eigenvalue weighted by Crippen LogP contribution is 2.49. The Morgan fingerprint density at radius 1 is 0.933 bits per heavy atom. The fraction of sp³-hybridized carbons (Fsp3) is 0.483. The molecule has 0 radical (unpaired) electrons. The van der Waals surface area contributed by atoms with Crippen molar-refractivity contribution >= 4 is 5.78 Å². The molecule has 164 valence electrons. The summed E-state index contributed by atoms with van der Waals surface area (Å²) in [4.78, 5) is 10.8. The SMILES string of the molecule is C=C(C)C1(CCC(C)=O)CCC1.CCc1ccc(C)cc1.CCc1ccccc1C. The van der Waals surface area contributed by atoms with E-state index in [9.17, 15) is 4.79 Å². The fourth-order valence-electron chi connectivity index (χ4n) is 3.74. The minimum Gasteiger partial charge on any atom is -0.300 e. The maximum atomic E-state index is 10.8. The maximum Gasteiger partial charge on any atom is 0.129 e. The van der Waals surface area contributed by atoms with E-state index < -0.39 is 0 Å². The van der Waals surface area contributed by atoms with Crippen molar-refractivity contribution < 1.29 is 4.79 Å². The third-order valence-electron chi connectivity index (χ3n) is 6.34. The molecule has 2 aromatic carbocycles. The predicted molar refractivity (Wildman–Crippen MR) is 132 cm³/mol. The van der Waals surface area contributed by atoms with Crippen molar-refractivity contribution in [3.8, 4) is 0 Å². The van der Waals surface area contributed by atoms with Gasteiger partial charge in [-0.2, -0.15) is 0 Å². The van der Waals surface area contributed by atoms with Crippen molar-refractivity contribution in [1.29, 1.82) is 0 Å². The molecule has 0 aromatic heterocycles. The summed E-state index contributed by atoms with van der Waals surface area (Å²) in [6.45, 7) is 16.4. The van der Waals surface area contributed by atoms with Crippen LogP contribution in [0, 0.1) is 19.3 Å². The van der Waals surface area contributed by atoms with Gasteiger partial charge < -0.3 is 4.79 Å². The van der Waals surface area contributed by atoms with Gasteiger partial charge in [0.15, 0.2) is 0 Å². The van der Waals surface area contributed by atoms with Crippen LogP contribution in [0.2, 0.25) is 0 Å². The monoisotopic (exact) mass is 406 g/mol. The van der Waals surface area contributed by atoms with Crippen molar-refractivity contribution in [2.45, 2.75) is 86.5 Å². The number of rotatable bonds is 6. The van der Waals surface area contributed by atoms with Gasteiger partial charge in [-0.05, 0) is 81.9 Å². The summed E-state index contributed by atoms with van der Waals surface area (Å²) in [5, 5.41) is 0. The molecule has 0 unspecified atom stereocenters. The van der Waals surface area contributed by atoms with Crippen LogP contribution in [-0.2, 0) is 17.6 Å². The Morgan fingerprint density at radius 2 is 1.53 bits per heavy atom. The lowest BCUT2D eigenvalue weighted by Gasteiger charge is -2.42. The molecule has 1 aliphatic rings. The molecule has 2 aromatic rings. The molecule has 0 N–H and O–H groups in total. The van der Waals surface area contributed by atoms with Crippen LogP contribution in [0.4, 0.5) is 0 Å².